The van der Waals surface area contributed by atoms with E-state index >= 15 is 0 Å². The van der Waals surface area contributed by atoms with Crippen LogP contribution in [-0.2, 0) is 6.61 Å². The van der Waals surface area contributed by atoms with Crippen molar-refractivity contribution in [1.82, 2.24) is 5.32 Å². The SMILES string of the molecule is CCC(NC(=O)c1ccc(COc2cccc(Cl)c2)o1)C12CC3CC(CC(C3)C1)C2. The molecule has 4 aliphatic carbocycles. The van der Waals surface area contributed by atoms with Crippen molar-refractivity contribution in [2.24, 2.45) is 23.2 Å². The lowest BCUT2D eigenvalue weighted by Crippen LogP contribution is -2.56. The summed E-state index contributed by atoms with van der Waals surface area (Å²) in [6.45, 7) is 2.47. The molecule has 0 saturated heterocycles. The second-order valence-corrected chi connectivity index (χ2v) is 10.2. The average molecular weight is 428 g/mol. The van der Waals surface area contributed by atoms with Crippen molar-refractivity contribution in [3.05, 3.63) is 52.9 Å². The van der Waals surface area contributed by atoms with Crippen molar-refractivity contribution in [1.29, 1.82) is 0 Å². The van der Waals surface area contributed by atoms with Crippen molar-refractivity contribution in [3.8, 4) is 5.75 Å². The minimum Gasteiger partial charge on any atom is -0.486 e. The molecule has 2 aromatic rings. The number of amides is 1. The van der Waals surface area contributed by atoms with E-state index in [1.165, 1.54) is 38.5 Å². The first-order valence-corrected chi connectivity index (χ1v) is 11.7. The van der Waals surface area contributed by atoms with Crippen LogP contribution in [0.15, 0.2) is 40.8 Å². The topological polar surface area (TPSA) is 51.5 Å². The summed E-state index contributed by atoms with van der Waals surface area (Å²) >= 11 is 5.99. The number of carbonyl (C=O) groups is 1. The second kappa shape index (κ2) is 7.96. The number of rotatable bonds is 7. The number of halogens is 1. The Balaban J connectivity index is 1.23. The maximum Gasteiger partial charge on any atom is 0.287 e. The van der Waals surface area contributed by atoms with Gasteiger partial charge >= 0.3 is 0 Å². The van der Waals surface area contributed by atoms with Crippen LogP contribution in [-0.4, -0.2) is 11.9 Å². The standard InChI is InChI=1S/C25H30ClNO3/c1-2-23(25-12-16-8-17(13-25)10-18(9-16)14-25)27-24(28)22-7-6-21(30-22)15-29-20-5-3-4-19(26)11-20/h3-7,11,16-18,23H,2,8-10,12-15H2,1H3,(H,27,28). The maximum atomic E-state index is 13.0. The van der Waals surface area contributed by atoms with Crippen LogP contribution in [0.1, 0.15) is 68.2 Å². The molecule has 0 radical (unpaired) electrons. The minimum absolute atomic E-state index is 0.105. The van der Waals surface area contributed by atoms with Crippen molar-refractivity contribution in [2.75, 3.05) is 0 Å². The molecule has 0 spiro atoms. The second-order valence-electron chi connectivity index (χ2n) is 9.73. The number of furan rings is 1. The Kier molecular flexibility index (Phi) is 5.30. The summed E-state index contributed by atoms with van der Waals surface area (Å²) in [5.74, 6) is 4.19. The highest BCUT2D eigenvalue weighted by molar-refractivity contribution is 6.30. The third-order valence-electron chi connectivity index (χ3n) is 7.60. The summed E-state index contributed by atoms with van der Waals surface area (Å²) in [4.78, 5) is 13.0. The Morgan fingerprint density at radius 3 is 2.50 bits per heavy atom. The van der Waals surface area contributed by atoms with Gasteiger partial charge in [0.25, 0.3) is 5.91 Å². The molecular formula is C25H30ClNO3. The average Bonchev–Trinajstić information content (AvgIpc) is 3.18. The zero-order valence-corrected chi connectivity index (χ0v) is 18.3. The van der Waals surface area contributed by atoms with E-state index in [9.17, 15) is 4.79 Å². The predicted molar refractivity (Wildman–Crippen MR) is 117 cm³/mol. The van der Waals surface area contributed by atoms with Crippen LogP contribution in [0.3, 0.4) is 0 Å². The molecule has 5 heteroatoms. The number of carbonyl (C=O) groups excluding carboxylic acids is 1. The fourth-order valence-corrected chi connectivity index (χ4v) is 6.99. The molecule has 1 heterocycles. The molecule has 4 saturated carbocycles. The van der Waals surface area contributed by atoms with E-state index in [0.29, 0.717) is 27.7 Å². The van der Waals surface area contributed by atoms with Crippen molar-refractivity contribution >= 4 is 17.5 Å². The van der Waals surface area contributed by atoms with Crippen LogP contribution in [0.25, 0.3) is 0 Å². The quantitative estimate of drug-likeness (QED) is 0.569. The molecule has 1 N–H and O–H groups in total. The molecule has 4 aliphatic rings. The first-order valence-electron chi connectivity index (χ1n) is 11.3. The first-order chi connectivity index (χ1) is 14.5. The van der Waals surface area contributed by atoms with Crippen molar-refractivity contribution < 1.29 is 13.9 Å². The van der Waals surface area contributed by atoms with Gasteiger partial charge in [0.1, 0.15) is 18.1 Å². The molecule has 160 valence electrons. The summed E-state index contributed by atoms with van der Waals surface area (Å²) < 4.78 is 11.5. The highest BCUT2D eigenvalue weighted by Gasteiger charge is 2.54. The zero-order chi connectivity index (χ0) is 20.7. The lowest BCUT2D eigenvalue weighted by atomic mass is 9.47. The van der Waals surface area contributed by atoms with Crippen molar-refractivity contribution in [3.63, 3.8) is 0 Å². The number of nitrogens with one attached hydrogen (secondary N) is 1. The lowest BCUT2D eigenvalue weighted by molar-refractivity contribution is -0.0728. The van der Waals surface area contributed by atoms with Gasteiger partial charge in [-0.2, -0.15) is 0 Å². The number of hydrogen-bond acceptors (Lipinski definition) is 3. The Morgan fingerprint density at radius 1 is 1.17 bits per heavy atom. The van der Waals surface area contributed by atoms with Crippen LogP contribution in [0, 0.1) is 23.2 Å². The summed E-state index contributed by atoms with van der Waals surface area (Å²) in [6.07, 6.45) is 9.08. The molecule has 6 rings (SSSR count). The van der Waals surface area contributed by atoms with Gasteiger partial charge < -0.3 is 14.5 Å². The van der Waals surface area contributed by atoms with Crippen LogP contribution in [0.4, 0.5) is 0 Å². The van der Waals surface area contributed by atoms with Crippen LogP contribution >= 0.6 is 11.6 Å². The predicted octanol–water partition coefficient (Wildman–Crippen LogP) is 6.24. The minimum atomic E-state index is -0.105. The molecule has 4 bridgehead atoms. The monoisotopic (exact) mass is 427 g/mol. The van der Waals surface area contributed by atoms with Gasteiger partial charge in [-0.3, -0.25) is 4.79 Å². The maximum absolute atomic E-state index is 13.0. The normalized spacial score (nSPS) is 30.3. The van der Waals surface area contributed by atoms with E-state index in [2.05, 4.69) is 12.2 Å². The summed E-state index contributed by atoms with van der Waals surface area (Å²) in [5, 5.41) is 3.97. The van der Waals surface area contributed by atoms with E-state index in [0.717, 1.165) is 24.2 Å². The largest absolute Gasteiger partial charge is 0.486 e. The number of ether oxygens (including phenoxy) is 1. The third kappa shape index (κ3) is 3.87. The Labute approximate surface area is 183 Å². The van der Waals surface area contributed by atoms with Crippen LogP contribution in [0.5, 0.6) is 5.75 Å². The molecule has 0 aliphatic heterocycles. The van der Waals surface area contributed by atoms with Gasteiger partial charge in [-0.05, 0) is 98.4 Å². The molecule has 1 aromatic carbocycles. The fourth-order valence-electron chi connectivity index (χ4n) is 6.81. The van der Waals surface area contributed by atoms with Gasteiger partial charge in [0.05, 0.1) is 0 Å². The summed E-state index contributed by atoms with van der Waals surface area (Å²) in [6, 6.07) is 11.0. The Hall–Kier alpha value is -1.94. The van der Waals surface area contributed by atoms with Crippen molar-refractivity contribution in [2.45, 2.75) is 64.5 Å². The first kappa shape index (κ1) is 20.0. The van der Waals surface area contributed by atoms with E-state index in [4.69, 9.17) is 20.8 Å². The van der Waals surface area contributed by atoms with Gasteiger partial charge in [0, 0.05) is 11.1 Å². The van der Waals surface area contributed by atoms with Crippen LogP contribution < -0.4 is 10.1 Å². The van der Waals surface area contributed by atoms with E-state index in [1.807, 2.05) is 18.2 Å². The van der Waals surface area contributed by atoms with E-state index < -0.39 is 0 Å². The Morgan fingerprint density at radius 2 is 1.87 bits per heavy atom. The highest BCUT2D eigenvalue weighted by Crippen LogP contribution is 2.61. The smallest absolute Gasteiger partial charge is 0.287 e. The molecule has 30 heavy (non-hydrogen) atoms. The molecule has 1 atom stereocenters. The molecule has 1 amide bonds. The zero-order valence-electron chi connectivity index (χ0n) is 17.5. The third-order valence-corrected chi connectivity index (χ3v) is 7.84. The van der Waals surface area contributed by atoms with Gasteiger partial charge in [0.15, 0.2) is 5.76 Å². The van der Waals surface area contributed by atoms with Gasteiger partial charge in [0.2, 0.25) is 0 Å². The number of benzene rings is 1. The molecule has 4 nitrogen and oxygen atoms in total. The molecule has 1 aromatic heterocycles. The highest BCUT2D eigenvalue weighted by atomic mass is 35.5. The summed E-state index contributed by atoms with van der Waals surface area (Å²) in [7, 11) is 0. The summed E-state index contributed by atoms with van der Waals surface area (Å²) in [5.41, 5.74) is 0.296. The van der Waals surface area contributed by atoms with Gasteiger partial charge in [-0.1, -0.05) is 24.6 Å². The van der Waals surface area contributed by atoms with Crippen LogP contribution in [0.2, 0.25) is 5.02 Å². The lowest BCUT2D eigenvalue weighted by Gasteiger charge is -2.59. The van der Waals surface area contributed by atoms with Gasteiger partial charge in [-0.25, -0.2) is 0 Å². The number of hydrogen-bond donors (Lipinski definition) is 1. The molecule has 4 fully saturated rings. The molecule has 1 unspecified atom stereocenters. The van der Waals surface area contributed by atoms with Gasteiger partial charge in [-0.15, -0.1) is 0 Å². The Bertz CT molecular complexity index is 885. The van der Waals surface area contributed by atoms with E-state index in [1.54, 1.807) is 18.2 Å². The fraction of sp³-hybridized carbons (Fsp3) is 0.560. The molecular weight excluding hydrogens is 398 g/mol. The van der Waals surface area contributed by atoms with E-state index in [-0.39, 0.29) is 18.6 Å².